The number of carbonyl (C=O) groups is 1. The normalized spacial score (nSPS) is 16.2. The van der Waals surface area contributed by atoms with Crippen molar-refractivity contribution in [2.24, 2.45) is 5.73 Å². The van der Waals surface area contributed by atoms with E-state index in [0.717, 1.165) is 37.6 Å². The lowest BCUT2D eigenvalue weighted by Gasteiger charge is -2.33. The SMILES string of the molecule is CN1CCN(c2cc(CNC(=O)CCN)ccn2)CC1. The quantitative estimate of drug-likeness (QED) is 0.779. The second-order valence-corrected chi connectivity index (χ2v) is 5.13. The first kappa shape index (κ1) is 14.7. The van der Waals surface area contributed by atoms with E-state index in [0.29, 0.717) is 19.5 Å². The number of hydrogen-bond acceptors (Lipinski definition) is 5. The fourth-order valence-corrected chi connectivity index (χ4v) is 2.20. The third kappa shape index (κ3) is 4.18. The van der Waals surface area contributed by atoms with Gasteiger partial charge in [-0.2, -0.15) is 0 Å². The van der Waals surface area contributed by atoms with Gasteiger partial charge in [0.2, 0.25) is 5.91 Å². The molecule has 1 saturated heterocycles. The van der Waals surface area contributed by atoms with E-state index in [2.05, 4.69) is 27.1 Å². The minimum Gasteiger partial charge on any atom is -0.354 e. The molecule has 6 nitrogen and oxygen atoms in total. The topological polar surface area (TPSA) is 74.5 Å². The molecule has 0 aliphatic carbocycles. The van der Waals surface area contributed by atoms with Gasteiger partial charge in [-0.3, -0.25) is 4.79 Å². The van der Waals surface area contributed by atoms with Crippen LogP contribution in [0.25, 0.3) is 0 Å². The van der Waals surface area contributed by atoms with Crippen LogP contribution in [0, 0.1) is 0 Å². The Kier molecular flexibility index (Phi) is 5.31. The van der Waals surface area contributed by atoms with Gasteiger partial charge < -0.3 is 20.9 Å². The summed E-state index contributed by atoms with van der Waals surface area (Å²) in [5.74, 6) is 0.981. The molecule has 1 aromatic rings. The Balaban J connectivity index is 1.92. The molecule has 20 heavy (non-hydrogen) atoms. The van der Waals surface area contributed by atoms with Gasteiger partial charge in [0.15, 0.2) is 0 Å². The lowest BCUT2D eigenvalue weighted by Crippen LogP contribution is -2.44. The Morgan fingerprint density at radius 1 is 1.40 bits per heavy atom. The molecule has 2 heterocycles. The number of amides is 1. The molecule has 1 amide bonds. The van der Waals surface area contributed by atoms with Crippen molar-refractivity contribution in [1.29, 1.82) is 0 Å². The number of nitrogens with zero attached hydrogens (tertiary/aromatic N) is 3. The standard InChI is InChI=1S/C14H23N5O/c1-18-6-8-19(9-7-18)13-10-12(3-5-16-13)11-17-14(20)2-4-15/h3,5,10H,2,4,6-9,11,15H2,1H3,(H,17,20). The fraction of sp³-hybridized carbons (Fsp3) is 0.571. The van der Waals surface area contributed by atoms with Gasteiger partial charge >= 0.3 is 0 Å². The van der Waals surface area contributed by atoms with Gasteiger partial charge in [-0.05, 0) is 24.7 Å². The highest BCUT2D eigenvalue weighted by molar-refractivity contribution is 5.76. The van der Waals surface area contributed by atoms with E-state index >= 15 is 0 Å². The molecule has 0 radical (unpaired) electrons. The molecule has 0 bridgehead atoms. The van der Waals surface area contributed by atoms with Crippen LogP contribution in [0.15, 0.2) is 18.3 Å². The monoisotopic (exact) mass is 277 g/mol. The maximum Gasteiger partial charge on any atom is 0.221 e. The zero-order chi connectivity index (χ0) is 14.4. The molecule has 3 N–H and O–H groups in total. The van der Waals surface area contributed by atoms with Gasteiger partial charge in [0.25, 0.3) is 0 Å². The Labute approximate surface area is 120 Å². The van der Waals surface area contributed by atoms with Crippen LogP contribution in [-0.2, 0) is 11.3 Å². The summed E-state index contributed by atoms with van der Waals surface area (Å²) in [4.78, 5) is 20.4. The van der Waals surface area contributed by atoms with Crippen LogP contribution in [0.3, 0.4) is 0 Å². The van der Waals surface area contributed by atoms with Crippen molar-refractivity contribution in [1.82, 2.24) is 15.2 Å². The number of piperazine rings is 1. The molecule has 6 heteroatoms. The molecule has 1 fully saturated rings. The van der Waals surface area contributed by atoms with E-state index < -0.39 is 0 Å². The second-order valence-electron chi connectivity index (χ2n) is 5.13. The van der Waals surface area contributed by atoms with Crippen molar-refractivity contribution in [3.8, 4) is 0 Å². The van der Waals surface area contributed by atoms with Gasteiger partial charge in [0, 0.05) is 51.9 Å². The van der Waals surface area contributed by atoms with E-state index in [1.165, 1.54) is 0 Å². The summed E-state index contributed by atoms with van der Waals surface area (Å²) in [6, 6.07) is 3.98. The molecular formula is C14H23N5O. The molecule has 0 aromatic carbocycles. The smallest absolute Gasteiger partial charge is 0.221 e. The van der Waals surface area contributed by atoms with E-state index in [1.54, 1.807) is 6.20 Å². The van der Waals surface area contributed by atoms with E-state index in [4.69, 9.17) is 5.73 Å². The van der Waals surface area contributed by atoms with Crippen molar-refractivity contribution < 1.29 is 4.79 Å². The third-order valence-electron chi connectivity index (χ3n) is 3.50. The number of likely N-dealkylation sites (N-methyl/N-ethyl adjacent to an activating group) is 1. The predicted octanol–water partition coefficient (Wildman–Crippen LogP) is -0.202. The van der Waals surface area contributed by atoms with Crippen LogP contribution in [-0.4, -0.2) is 55.6 Å². The first-order valence-electron chi connectivity index (χ1n) is 7.04. The minimum atomic E-state index is -0.00883. The number of carbonyl (C=O) groups excluding carboxylic acids is 1. The van der Waals surface area contributed by atoms with Crippen LogP contribution in [0.4, 0.5) is 5.82 Å². The molecule has 0 unspecified atom stereocenters. The van der Waals surface area contributed by atoms with Crippen LogP contribution >= 0.6 is 0 Å². The van der Waals surface area contributed by atoms with Crippen LogP contribution in [0.5, 0.6) is 0 Å². The van der Waals surface area contributed by atoms with Crippen molar-refractivity contribution >= 4 is 11.7 Å². The maximum atomic E-state index is 11.4. The highest BCUT2D eigenvalue weighted by Crippen LogP contribution is 2.14. The van der Waals surface area contributed by atoms with Crippen LogP contribution < -0.4 is 16.0 Å². The van der Waals surface area contributed by atoms with Crippen molar-refractivity contribution in [3.63, 3.8) is 0 Å². The molecule has 1 aromatic heterocycles. The van der Waals surface area contributed by atoms with Gasteiger partial charge in [-0.15, -0.1) is 0 Å². The van der Waals surface area contributed by atoms with Gasteiger partial charge in [0.05, 0.1) is 0 Å². The summed E-state index contributed by atoms with van der Waals surface area (Å²) in [5.41, 5.74) is 6.42. The van der Waals surface area contributed by atoms with Crippen LogP contribution in [0.2, 0.25) is 0 Å². The van der Waals surface area contributed by atoms with E-state index in [9.17, 15) is 4.79 Å². The first-order valence-corrected chi connectivity index (χ1v) is 7.04. The molecule has 110 valence electrons. The molecule has 0 saturated carbocycles. The number of rotatable bonds is 5. The molecule has 0 atom stereocenters. The largest absolute Gasteiger partial charge is 0.354 e. The molecule has 1 aliphatic rings. The summed E-state index contributed by atoms with van der Waals surface area (Å²) in [6.45, 7) is 5.01. The lowest BCUT2D eigenvalue weighted by molar-refractivity contribution is -0.121. The van der Waals surface area contributed by atoms with Gasteiger partial charge in [-0.1, -0.05) is 0 Å². The zero-order valence-electron chi connectivity index (χ0n) is 12.0. The van der Waals surface area contributed by atoms with Crippen molar-refractivity contribution in [2.45, 2.75) is 13.0 Å². The molecular weight excluding hydrogens is 254 g/mol. The van der Waals surface area contributed by atoms with Gasteiger partial charge in [0.1, 0.15) is 5.82 Å². The Morgan fingerprint density at radius 2 is 2.15 bits per heavy atom. The summed E-state index contributed by atoms with van der Waals surface area (Å²) < 4.78 is 0. The fourth-order valence-electron chi connectivity index (χ4n) is 2.20. The summed E-state index contributed by atoms with van der Waals surface area (Å²) in [6.07, 6.45) is 2.18. The third-order valence-corrected chi connectivity index (χ3v) is 3.50. The summed E-state index contributed by atoms with van der Waals surface area (Å²) in [5, 5.41) is 2.86. The Bertz CT molecular complexity index is 443. The highest BCUT2D eigenvalue weighted by atomic mass is 16.1. The van der Waals surface area contributed by atoms with Crippen molar-refractivity contribution in [2.75, 3.05) is 44.7 Å². The Hall–Kier alpha value is -1.66. The number of hydrogen-bond donors (Lipinski definition) is 2. The number of nitrogens with two attached hydrogens (primary N) is 1. The minimum absolute atomic E-state index is 0.00883. The number of pyridine rings is 1. The molecule has 1 aliphatic heterocycles. The predicted molar refractivity (Wildman–Crippen MR) is 79.5 cm³/mol. The van der Waals surface area contributed by atoms with E-state index in [1.807, 2.05) is 12.1 Å². The van der Waals surface area contributed by atoms with Crippen LogP contribution in [0.1, 0.15) is 12.0 Å². The molecule has 2 rings (SSSR count). The number of anilines is 1. The van der Waals surface area contributed by atoms with Crippen molar-refractivity contribution in [3.05, 3.63) is 23.9 Å². The molecule has 0 spiro atoms. The van der Waals surface area contributed by atoms with E-state index in [-0.39, 0.29) is 5.91 Å². The lowest BCUT2D eigenvalue weighted by atomic mass is 10.2. The average molecular weight is 277 g/mol. The first-order chi connectivity index (χ1) is 9.69. The highest BCUT2D eigenvalue weighted by Gasteiger charge is 2.15. The number of nitrogens with one attached hydrogen (secondary N) is 1. The average Bonchev–Trinajstić information content (AvgIpc) is 2.47. The summed E-state index contributed by atoms with van der Waals surface area (Å²) in [7, 11) is 2.13. The second kappa shape index (κ2) is 7.21. The summed E-state index contributed by atoms with van der Waals surface area (Å²) >= 11 is 0. The number of aromatic nitrogens is 1. The maximum absolute atomic E-state index is 11.4. The Morgan fingerprint density at radius 3 is 2.85 bits per heavy atom. The zero-order valence-corrected chi connectivity index (χ0v) is 12.0. The van der Waals surface area contributed by atoms with Gasteiger partial charge in [-0.25, -0.2) is 4.98 Å².